The maximum absolute atomic E-state index is 12.6. The highest BCUT2D eigenvalue weighted by atomic mass is 31.2. The van der Waals surface area contributed by atoms with Crippen LogP contribution in [-0.2, 0) is 36.4 Å². The molecule has 0 aromatic rings. The molecule has 0 radical (unpaired) electrons. The van der Waals surface area contributed by atoms with Gasteiger partial charge in [-0.2, -0.15) is 0 Å². The summed E-state index contributed by atoms with van der Waals surface area (Å²) >= 11 is 0. The third-order valence-corrected chi connectivity index (χ3v) is 11.4. The first-order chi connectivity index (χ1) is 18.6. The van der Waals surface area contributed by atoms with Gasteiger partial charge in [-0.15, -0.1) is 0 Å². The summed E-state index contributed by atoms with van der Waals surface area (Å²) in [4.78, 5) is 47.8. The van der Waals surface area contributed by atoms with Crippen molar-refractivity contribution in [1.82, 2.24) is 19.6 Å². The van der Waals surface area contributed by atoms with Gasteiger partial charge in [0.1, 0.15) is 25.1 Å². The van der Waals surface area contributed by atoms with Gasteiger partial charge in [-0.1, -0.05) is 0 Å². The third-order valence-electron chi connectivity index (χ3n) is 5.77. The van der Waals surface area contributed by atoms with Crippen LogP contribution in [0.3, 0.4) is 0 Å². The highest BCUT2D eigenvalue weighted by Crippen LogP contribution is 2.45. The molecule has 1 aliphatic rings. The number of hydrogen-bond acceptors (Lipinski definition) is 12. The van der Waals surface area contributed by atoms with E-state index < -0.39 is 30.4 Å². The lowest BCUT2D eigenvalue weighted by Gasteiger charge is -2.35. The quantitative estimate of drug-likeness (QED) is 0.175. The first kappa shape index (κ1) is 38.5. The van der Waals surface area contributed by atoms with Crippen LogP contribution in [0.15, 0.2) is 0 Å². The number of hydrogen-bond donors (Lipinski definition) is 4. The zero-order chi connectivity index (χ0) is 30.5. The van der Waals surface area contributed by atoms with Gasteiger partial charge in [-0.3, -0.25) is 37.9 Å². The summed E-state index contributed by atoms with van der Waals surface area (Å²) in [5, 5.41) is 0. The summed E-state index contributed by atoms with van der Waals surface area (Å²) in [6.45, 7) is 8.20. The Morgan fingerprint density at radius 2 is 0.575 bits per heavy atom. The van der Waals surface area contributed by atoms with Gasteiger partial charge in [-0.25, -0.2) is 0 Å². The molecule has 0 saturated carbocycles. The van der Waals surface area contributed by atoms with E-state index in [-0.39, 0.29) is 104 Å². The second kappa shape index (κ2) is 18.3. The molecule has 4 unspecified atom stereocenters. The van der Waals surface area contributed by atoms with E-state index in [1.165, 1.54) is 0 Å². The average Bonchev–Trinajstić information content (AvgIpc) is 2.80. The van der Waals surface area contributed by atoms with E-state index in [1.807, 2.05) is 0 Å². The fraction of sp³-hybridized carbons (Fsp3) is 1.00. The van der Waals surface area contributed by atoms with Crippen molar-refractivity contribution in [3.8, 4) is 0 Å². The van der Waals surface area contributed by atoms with Gasteiger partial charge < -0.3 is 37.7 Å². The second-order valence-corrected chi connectivity index (χ2v) is 16.5. The van der Waals surface area contributed by atoms with Crippen LogP contribution in [-0.4, -0.2) is 143 Å². The first-order valence-corrected chi connectivity index (χ1v) is 20.4. The van der Waals surface area contributed by atoms with Crippen LogP contribution >= 0.6 is 30.4 Å². The van der Waals surface area contributed by atoms with Crippen LogP contribution in [0.4, 0.5) is 0 Å². The maximum Gasteiger partial charge on any atom is 0.341 e. The molecular formula is C20H48N4O12P4. The molecule has 0 spiro atoms. The SMILES string of the molecule is CCOP(=O)(O)CN1CCN(CP(=O)(O)OCC)CCN(CP(=O)(O)OCC)CCN(CP(=O)(O)OCC)CC1. The zero-order valence-corrected chi connectivity index (χ0v) is 27.5. The van der Waals surface area contributed by atoms with E-state index in [9.17, 15) is 37.8 Å². The van der Waals surface area contributed by atoms with Gasteiger partial charge in [-0.05, 0) is 27.7 Å². The molecule has 240 valence electrons. The van der Waals surface area contributed by atoms with E-state index in [4.69, 9.17) is 18.1 Å². The van der Waals surface area contributed by atoms with E-state index >= 15 is 0 Å². The van der Waals surface area contributed by atoms with Crippen molar-refractivity contribution in [2.24, 2.45) is 0 Å². The van der Waals surface area contributed by atoms with Crippen LogP contribution in [0.5, 0.6) is 0 Å². The summed E-state index contributed by atoms with van der Waals surface area (Å²) in [5.41, 5.74) is 0. The molecule has 0 bridgehead atoms. The highest BCUT2D eigenvalue weighted by molar-refractivity contribution is 7.53. The summed E-state index contributed by atoms with van der Waals surface area (Å²) < 4.78 is 70.4. The molecule has 16 nitrogen and oxygen atoms in total. The molecule has 4 atom stereocenters. The Bertz CT molecular complexity index is 772. The molecule has 1 heterocycles. The minimum Gasteiger partial charge on any atom is -0.323 e. The molecule has 1 fully saturated rings. The lowest BCUT2D eigenvalue weighted by atomic mass is 10.4. The Labute approximate surface area is 237 Å². The molecule has 0 aromatic carbocycles. The first-order valence-electron chi connectivity index (χ1n) is 13.3. The predicted molar refractivity (Wildman–Crippen MR) is 152 cm³/mol. The lowest BCUT2D eigenvalue weighted by Crippen LogP contribution is -2.46. The second-order valence-electron chi connectivity index (χ2n) is 9.26. The van der Waals surface area contributed by atoms with Crippen molar-refractivity contribution < 1.29 is 55.9 Å². The van der Waals surface area contributed by atoms with Gasteiger partial charge in [0.15, 0.2) is 0 Å². The molecule has 20 heteroatoms. The van der Waals surface area contributed by atoms with Gasteiger partial charge in [0.2, 0.25) is 0 Å². The minimum atomic E-state index is -3.97. The van der Waals surface area contributed by atoms with Crippen molar-refractivity contribution >= 4 is 30.4 Å². The van der Waals surface area contributed by atoms with Gasteiger partial charge in [0.05, 0.1) is 26.4 Å². The van der Waals surface area contributed by atoms with E-state index in [2.05, 4.69) is 0 Å². The Morgan fingerprint density at radius 1 is 0.425 bits per heavy atom. The summed E-state index contributed by atoms with van der Waals surface area (Å²) in [7, 11) is -15.9. The van der Waals surface area contributed by atoms with E-state index in [1.54, 1.807) is 47.3 Å². The van der Waals surface area contributed by atoms with Crippen LogP contribution in [0.2, 0.25) is 0 Å². The Balaban J connectivity index is 3.27. The normalized spacial score (nSPS) is 24.2. The molecule has 0 aromatic heterocycles. The number of rotatable bonds is 16. The number of nitrogens with zero attached hydrogens (tertiary/aromatic N) is 4. The van der Waals surface area contributed by atoms with E-state index in [0.29, 0.717) is 0 Å². The Hall–Kier alpha value is 0.440. The molecule has 40 heavy (non-hydrogen) atoms. The zero-order valence-electron chi connectivity index (χ0n) is 23.9. The van der Waals surface area contributed by atoms with Crippen molar-refractivity contribution in [3.05, 3.63) is 0 Å². The van der Waals surface area contributed by atoms with Gasteiger partial charge in [0.25, 0.3) is 0 Å². The summed E-state index contributed by atoms with van der Waals surface area (Å²) in [6.07, 6.45) is -1.22. The molecular weight excluding hydrogens is 612 g/mol. The fourth-order valence-electron chi connectivity index (χ4n) is 4.13. The van der Waals surface area contributed by atoms with Crippen LogP contribution < -0.4 is 0 Å². The van der Waals surface area contributed by atoms with Crippen molar-refractivity contribution in [2.45, 2.75) is 27.7 Å². The van der Waals surface area contributed by atoms with Crippen molar-refractivity contribution in [1.29, 1.82) is 0 Å². The molecule has 0 amide bonds. The topological polar surface area (TPSA) is 199 Å². The average molecular weight is 661 g/mol. The van der Waals surface area contributed by atoms with Crippen LogP contribution in [0.25, 0.3) is 0 Å². The lowest BCUT2D eigenvalue weighted by molar-refractivity contribution is 0.142. The monoisotopic (exact) mass is 660 g/mol. The highest BCUT2D eigenvalue weighted by Gasteiger charge is 2.31. The largest absolute Gasteiger partial charge is 0.341 e. The molecule has 0 aliphatic carbocycles. The fourth-order valence-corrected chi connectivity index (χ4v) is 9.22. The van der Waals surface area contributed by atoms with Gasteiger partial charge in [0, 0.05) is 52.4 Å². The molecule has 1 aliphatic heterocycles. The smallest absolute Gasteiger partial charge is 0.323 e. The van der Waals surface area contributed by atoms with E-state index in [0.717, 1.165) is 0 Å². The predicted octanol–water partition coefficient (Wildman–Crippen LogP) is 1.93. The molecule has 4 N–H and O–H groups in total. The maximum atomic E-state index is 12.6. The Kier molecular flexibility index (Phi) is 17.6. The molecule has 1 saturated heterocycles. The summed E-state index contributed by atoms with van der Waals surface area (Å²) in [6, 6.07) is 0. The Morgan fingerprint density at radius 3 is 0.700 bits per heavy atom. The standard InChI is InChI=1S/C20H48N4O12P4/c1-5-33-37(25,26)17-21-9-11-22(18-38(27,28)34-6-2)13-15-24(20-40(31,32)36-8-4)16-14-23(12-10-21)19-39(29,30)35-7-3/h5-20H2,1-4H3,(H,25,26)(H,27,28)(H,29,30)(H,31,32). The third kappa shape index (κ3) is 16.9. The van der Waals surface area contributed by atoms with Gasteiger partial charge >= 0.3 is 30.4 Å². The minimum absolute atomic E-state index is 0.0380. The molecule has 1 rings (SSSR count). The van der Waals surface area contributed by atoms with Crippen LogP contribution in [0.1, 0.15) is 27.7 Å². The van der Waals surface area contributed by atoms with Crippen molar-refractivity contribution in [3.63, 3.8) is 0 Å². The van der Waals surface area contributed by atoms with Crippen LogP contribution in [0, 0.1) is 0 Å². The summed E-state index contributed by atoms with van der Waals surface area (Å²) in [5.74, 6) is 0. The van der Waals surface area contributed by atoms with Crippen molar-refractivity contribution in [2.75, 3.05) is 104 Å².